The molecule has 55 heavy (non-hydrogen) atoms. The van der Waals surface area contributed by atoms with Crippen molar-refractivity contribution >= 4 is 84.7 Å². The molecule has 1 aliphatic rings. The summed E-state index contributed by atoms with van der Waals surface area (Å²) in [4.78, 5) is 57.2. The Labute approximate surface area is 323 Å². The van der Waals surface area contributed by atoms with Crippen LogP contribution in [0.25, 0.3) is 44.3 Å². The topological polar surface area (TPSA) is 203 Å². The monoisotopic (exact) mass is 778 g/mol. The van der Waals surface area contributed by atoms with Gasteiger partial charge in [-0.15, -0.1) is 10.2 Å². The summed E-state index contributed by atoms with van der Waals surface area (Å²) in [6, 6.07) is 17.2. The Morgan fingerprint density at radius 3 is 2.18 bits per heavy atom. The van der Waals surface area contributed by atoms with Crippen LogP contribution in [0.1, 0.15) is 16.2 Å². The number of carbonyl (C=O) groups excluding carboxylic acids is 1. The first-order valence-electron chi connectivity index (χ1n) is 16.3. The fourth-order valence-electron chi connectivity index (χ4n) is 5.56. The van der Waals surface area contributed by atoms with Crippen molar-refractivity contribution < 1.29 is 14.3 Å². The Morgan fingerprint density at radius 1 is 0.855 bits per heavy atom. The number of azo groups is 1. The van der Waals surface area contributed by atoms with Crippen molar-refractivity contribution in [2.75, 3.05) is 42.4 Å². The molecular weight excluding hydrogens is 745 g/mol. The van der Waals surface area contributed by atoms with E-state index in [0.717, 1.165) is 5.39 Å². The van der Waals surface area contributed by atoms with Gasteiger partial charge in [-0.1, -0.05) is 0 Å². The maximum atomic E-state index is 13.1. The number of pyridine rings is 2. The molecule has 17 nitrogen and oxygen atoms in total. The fourth-order valence-corrected chi connectivity index (χ4v) is 5.61. The van der Waals surface area contributed by atoms with Gasteiger partial charge in [-0.3, -0.25) is 23.4 Å². The molecular formula is C36H34N12O5S2. The number of nitrogens with two attached hydrogens (primary N) is 1. The number of hydrogen-bond acceptors (Lipinski definition) is 12. The second-order valence-corrected chi connectivity index (χ2v) is 12.9. The molecule has 8 rings (SSSR count). The van der Waals surface area contributed by atoms with Crippen molar-refractivity contribution in [3.05, 3.63) is 105 Å². The van der Waals surface area contributed by atoms with Gasteiger partial charge >= 0.3 is 0 Å². The zero-order chi connectivity index (χ0) is 39.6. The minimum Gasteiger partial charge on any atom is -0.497 e. The van der Waals surface area contributed by atoms with E-state index in [-0.39, 0.29) is 28.4 Å². The van der Waals surface area contributed by atoms with Crippen molar-refractivity contribution in [3.63, 3.8) is 0 Å². The maximum absolute atomic E-state index is 13.1. The van der Waals surface area contributed by atoms with E-state index in [1.54, 1.807) is 96.3 Å². The summed E-state index contributed by atoms with van der Waals surface area (Å²) in [5.41, 5.74) is 5.24. The number of hydrazine groups is 1. The highest BCUT2D eigenvalue weighted by Crippen LogP contribution is 2.35. The highest BCUT2D eigenvalue weighted by molar-refractivity contribution is 7.80. The van der Waals surface area contributed by atoms with Crippen LogP contribution in [0.15, 0.2) is 92.9 Å². The standard InChI is InChI=1S/C18H16N6O2S.C15H9N3O3.C3H9N3S/c1-23(2)18(27)22-21-14-12-9-10(26-3)6-7-13(12)24-16(14)20-15-11(17(24)25)5-4-8-19-15;1-21-8-4-5-11-10(7-8)12(19)14-17-13-9(3-2-6-16-13)15(20)18(11)14;1-6(2)3(7)5-4/h4-9H,1-3H3,(H,19,20);2-7H,1H3;4H2,1-2H3,(H,5,7). The van der Waals surface area contributed by atoms with E-state index in [1.165, 1.54) is 11.7 Å². The summed E-state index contributed by atoms with van der Waals surface area (Å²) < 4.78 is 13.4. The molecule has 1 aliphatic heterocycles. The Balaban J connectivity index is 0.000000163. The van der Waals surface area contributed by atoms with Crippen molar-refractivity contribution in [3.8, 4) is 17.2 Å². The van der Waals surface area contributed by atoms with E-state index in [1.807, 2.05) is 26.2 Å². The summed E-state index contributed by atoms with van der Waals surface area (Å²) >= 11 is 9.87. The SMILES string of the molecule is CN(C)C(=S)NN.COc1ccc2c(c1)C(=O)c1nc3ncccc3c(=O)n1-2.COc1ccc2c(c1)c(N=NC(=S)N(C)C)c1[nH]c3ncccc3c(=O)n12. The first kappa shape index (κ1) is 38.0. The van der Waals surface area contributed by atoms with Crippen LogP contribution in [-0.4, -0.2) is 97.1 Å². The first-order valence-corrected chi connectivity index (χ1v) is 17.1. The number of nitrogens with zero attached hydrogens (tertiary/aromatic N) is 9. The van der Waals surface area contributed by atoms with Gasteiger partial charge in [0.05, 0.1) is 41.8 Å². The first-order chi connectivity index (χ1) is 26.4. The number of ether oxygens (including phenoxy) is 2. The van der Waals surface area contributed by atoms with Crippen molar-refractivity contribution in [2.45, 2.75) is 0 Å². The average molecular weight is 779 g/mol. The average Bonchev–Trinajstić information content (AvgIpc) is 3.66. The molecule has 7 aromatic rings. The number of nitrogens with one attached hydrogen (secondary N) is 2. The van der Waals surface area contributed by atoms with E-state index in [2.05, 4.69) is 47.8 Å². The van der Waals surface area contributed by atoms with Gasteiger partial charge in [-0.25, -0.2) is 20.8 Å². The number of hydrogen-bond donors (Lipinski definition) is 3. The third-order valence-electron chi connectivity index (χ3n) is 8.31. The molecule has 0 bridgehead atoms. The maximum Gasteiger partial charge on any atom is 0.267 e. The molecule has 0 aliphatic carbocycles. The molecule has 5 aromatic heterocycles. The van der Waals surface area contributed by atoms with Crippen LogP contribution in [0.5, 0.6) is 11.5 Å². The lowest BCUT2D eigenvalue weighted by Gasteiger charge is -2.10. The number of carbonyl (C=O) groups is 1. The van der Waals surface area contributed by atoms with Crippen LogP contribution in [0.2, 0.25) is 0 Å². The van der Waals surface area contributed by atoms with Gasteiger partial charge in [-0.2, -0.15) is 0 Å². The Hall–Kier alpha value is -6.70. The molecule has 19 heteroatoms. The van der Waals surface area contributed by atoms with Crippen molar-refractivity contribution in [1.82, 2.24) is 44.1 Å². The smallest absolute Gasteiger partial charge is 0.267 e. The molecule has 0 unspecified atom stereocenters. The quantitative estimate of drug-likeness (QED) is 0.101. The Morgan fingerprint density at radius 2 is 1.53 bits per heavy atom. The highest BCUT2D eigenvalue weighted by atomic mass is 32.1. The summed E-state index contributed by atoms with van der Waals surface area (Å²) in [7, 11) is 10.3. The zero-order valence-corrected chi connectivity index (χ0v) is 32.0. The number of H-pyrrole nitrogens is 1. The van der Waals surface area contributed by atoms with Crippen LogP contribution in [0.3, 0.4) is 0 Å². The number of aromatic amines is 1. The number of aromatic nitrogens is 6. The number of ketones is 1. The van der Waals surface area contributed by atoms with Crippen LogP contribution < -0.4 is 31.9 Å². The van der Waals surface area contributed by atoms with E-state index < -0.39 is 0 Å². The number of methoxy groups -OCH3 is 2. The summed E-state index contributed by atoms with van der Waals surface area (Å²) in [5, 5.41) is 10.9. The lowest BCUT2D eigenvalue weighted by molar-refractivity contribution is 0.103. The predicted molar refractivity (Wildman–Crippen MR) is 217 cm³/mol. The number of rotatable bonds is 3. The second kappa shape index (κ2) is 15.7. The van der Waals surface area contributed by atoms with Gasteiger partial charge in [0.15, 0.2) is 16.6 Å². The summed E-state index contributed by atoms with van der Waals surface area (Å²) in [6.45, 7) is 0. The van der Waals surface area contributed by atoms with Crippen molar-refractivity contribution in [2.24, 2.45) is 16.1 Å². The van der Waals surface area contributed by atoms with Gasteiger partial charge in [0, 0.05) is 46.0 Å². The molecule has 0 saturated carbocycles. The van der Waals surface area contributed by atoms with Gasteiger partial charge in [0.1, 0.15) is 28.5 Å². The molecule has 0 atom stereocenters. The van der Waals surface area contributed by atoms with Gasteiger partial charge in [0.25, 0.3) is 11.1 Å². The second-order valence-electron chi connectivity index (χ2n) is 12.1. The van der Waals surface area contributed by atoms with Crippen LogP contribution in [0, 0.1) is 0 Å². The van der Waals surface area contributed by atoms with E-state index in [9.17, 15) is 14.4 Å². The van der Waals surface area contributed by atoms with Crippen LogP contribution in [0.4, 0.5) is 5.69 Å². The van der Waals surface area contributed by atoms with Gasteiger partial charge < -0.3 is 29.7 Å². The van der Waals surface area contributed by atoms with Crippen molar-refractivity contribution in [1.29, 1.82) is 0 Å². The van der Waals surface area contributed by atoms with E-state index >= 15 is 0 Å². The van der Waals surface area contributed by atoms with E-state index in [0.29, 0.717) is 66.2 Å². The normalized spacial score (nSPS) is 11.4. The highest BCUT2D eigenvalue weighted by Gasteiger charge is 2.31. The van der Waals surface area contributed by atoms with Crippen LogP contribution >= 0.6 is 24.4 Å². The summed E-state index contributed by atoms with van der Waals surface area (Å²) in [5.74, 6) is 5.95. The molecule has 6 heterocycles. The molecule has 280 valence electrons. The lowest BCUT2D eigenvalue weighted by Crippen LogP contribution is -2.38. The van der Waals surface area contributed by atoms with Crippen LogP contribution in [-0.2, 0) is 0 Å². The number of thiocarbonyl (C=S) groups is 2. The minimum absolute atomic E-state index is 0.0921. The van der Waals surface area contributed by atoms with E-state index in [4.69, 9.17) is 27.5 Å². The number of fused-ring (bicyclic) bond motifs is 8. The predicted octanol–water partition coefficient (Wildman–Crippen LogP) is 3.90. The van der Waals surface area contributed by atoms with Gasteiger partial charge in [0.2, 0.25) is 10.9 Å². The molecule has 4 N–H and O–H groups in total. The third-order valence-corrected chi connectivity index (χ3v) is 9.24. The molecule has 0 amide bonds. The lowest BCUT2D eigenvalue weighted by atomic mass is 10.1. The Bertz CT molecular complexity index is 2810. The zero-order valence-electron chi connectivity index (χ0n) is 30.4. The Kier molecular flexibility index (Phi) is 10.9. The molecule has 2 aromatic carbocycles. The largest absolute Gasteiger partial charge is 0.497 e. The molecule has 0 radical (unpaired) electrons. The van der Waals surface area contributed by atoms with Gasteiger partial charge in [-0.05, 0) is 85.1 Å². The summed E-state index contributed by atoms with van der Waals surface area (Å²) in [6.07, 6.45) is 3.17. The molecule has 0 saturated heterocycles. The fraction of sp³-hybridized carbons (Fsp3) is 0.167. The molecule has 0 spiro atoms. The minimum atomic E-state index is -0.298. The third kappa shape index (κ3) is 7.18. The number of benzene rings is 2. The molecule has 0 fully saturated rings.